The zero-order valence-electron chi connectivity index (χ0n) is 7.97. The highest BCUT2D eigenvalue weighted by Gasteiger charge is 2.11. The van der Waals surface area contributed by atoms with Gasteiger partial charge in [-0.05, 0) is 17.7 Å². The summed E-state index contributed by atoms with van der Waals surface area (Å²) in [5.41, 5.74) is 7.41. The number of fused-ring (bicyclic) bond motifs is 1. The predicted molar refractivity (Wildman–Crippen MR) is 56.8 cm³/mol. The van der Waals surface area contributed by atoms with Crippen molar-refractivity contribution in [3.05, 3.63) is 23.9 Å². The number of aliphatic hydroxyl groups is 1. The minimum absolute atomic E-state index is 0.260. The number of hydrogen-bond acceptors (Lipinski definition) is 4. The molecule has 0 aliphatic heterocycles. The molecule has 1 heterocycles. The highest BCUT2D eigenvalue weighted by molar-refractivity contribution is 5.87. The number of terminal acetylenes is 1. The van der Waals surface area contributed by atoms with Crippen molar-refractivity contribution < 1.29 is 9.63 Å². The number of nitrogens with two attached hydrogens (primary N) is 1. The summed E-state index contributed by atoms with van der Waals surface area (Å²) in [6.45, 7) is 0. The van der Waals surface area contributed by atoms with E-state index in [0.717, 1.165) is 5.39 Å². The lowest BCUT2D eigenvalue weighted by Gasteiger charge is -2.08. The minimum Gasteiger partial charge on any atom is -0.396 e. The first kappa shape index (κ1) is 9.56. The van der Waals surface area contributed by atoms with E-state index in [1.165, 1.54) is 0 Å². The van der Waals surface area contributed by atoms with Gasteiger partial charge >= 0.3 is 0 Å². The molecule has 4 heteroatoms. The average Bonchev–Trinajstić information content (AvgIpc) is 2.66. The molecule has 0 amide bonds. The zero-order valence-corrected chi connectivity index (χ0v) is 7.97. The lowest BCUT2D eigenvalue weighted by molar-refractivity contribution is 0.184. The van der Waals surface area contributed by atoms with Crippen LogP contribution in [0.15, 0.2) is 22.9 Å². The standard InChI is InChI=1S/C11H10N2O2/c1-2-3-10(14)7-4-8-6-13-15-11(8)9(12)5-7/h1,4-6,10,14H,3,12H2. The molecule has 15 heavy (non-hydrogen) atoms. The van der Waals surface area contributed by atoms with Crippen LogP contribution in [0.25, 0.3) is 11.0 Å². The van der Waals surface area contributed by atoms with Crippen molar-refractivity contribution in [3.8, 4) is 12.3 Å². The number of anilines is 1. The fourth-order valence-corrected chi connectivity index (χ4v) is 1.46. The van der Waals surface area contributed by atoms with Gasteiger partial charge in [0.15, 0.2) is 5.58 Å². The number of rotatable bonds is 2. The van der Waals surface area contributed by atoms with Crippen molar-refractivity contribution >= 4 is 16.7 Å². The molecule has 2 rings (SSSR count). The van der Waals surface area contributed by atoms with Crippen LogP contribution < -0.4 is 5.73 Å². The number of aromatic nitrogens is 1. The monoisotopic (exact) mass is 202 g/mol. The quantitative estimate of drug-likeness (QED) is 0.571. The smallest absolute Gasteiger partial charge is 0.189 e. The van der Waals surface area contributed by atoms with E-state index in [2.05, 4.69) is 11.1 Å². The number of hydrogen-bond donors (Lipinski definition) is 2. The summed E-state index contributed by atoms with van der Waals surface area (Å²) in [4.78, 5) is 0. The Balaban J connectivity index is 2.50. The van der Waals surface area contributed by atoms with Gasteiger partial charge in [-0.2, -0.15) is 0 Å². The van der Waals surface area contributed by atoms with Crippen LogP contribution in [-0.2, 0) is 0 Å². The maximum Gasteiger partial charge on any atom is 0.189 e. The van der Waals surface area contributed by atoms with E-state index in [0.29, 0.717) is 16.8 Å². The second-order valence-electron chi connectivity index (χ2n) is 3.28. The molecule has 0 spiro atoms. The first-order valence-corrected chi connectivity index (χ1v) is 4.47. The zero-order chi connectivity index (χ0) is 10.8. The summed E-state index contributed by atoms with van der Waals surface area (Å²) in [6, 6.07) is 3.42. The third-order valence-corrected chi connectivity index (χ3v) is 2.20. The molecule has 4 nitrogen and oxygen atoms in total. The van der Waals surface area contributed by atoms with Gasteiger partial charge in [0.2, 0.25) is 0 Å². The molecule has 1 aromatic carbocycles. The van der Waals surface area contributed by atoms with Crippen LogP contribution >= 0.6 is 0 Å². The minimum atomic E-state index is -0.698. The third-order valence-electron chi connectivity index (χ3n) is 2.20. The first-order valence-electron chi connectivity index (χ1n) is 4.47. The van der Waals surface area contributed by atoms with Gasteiger partial charge in [-0.25, -0.2) is 0 Å². The fourth-order valence-electron chi connectivity index (χ4n) is 1.46. The number of benzene rings is 1. The Morgan fingerprint density at radius 2 is 2.40 bits per heavy atom. The molecule has 1 atom stereocenters. The molecule has 0 saturated heterocycles. The van der Waals surface area contributed by atoms with Crippen molar-refractivity contribution in [1.29, 1.82) is 0 Å². The summed E-state index contributed by atoms with van der Waals surface area (Å²) in [7, 11) is 0. The van der Waals surface area contributed by atoms with Gasteiger partial charge in [0.25, 0.3) is 0 Å². The Hall–Kier alpha value is -1.99. The molecule has 3 N–H and O–H groups in total. The fraction of sp³-hybridized carbons (Fsp3) is 0.182. The molecular formula is C11H10N2O2. The highest BCUT2D eigenvalue weighted by atomic mass is 16.5. The van der Waals surface area contributed by atoms with Crippen LogP contribution in [0.4, 0.5) is 5.69 Å². The van der Waals surface area contributed by atoms with Crippen LogP contribution in [0.1, 0.15) is 18.1 Å². The largest absolute Gasteiger partial charge is 0.396 e. The average molecular weight is 202 g/mol. The predicted octanol–water partition coefficient (Wildman–Crippen LogP) is 1.47. The molecule has 0 saturated carbocycles. The van der Waals surface area contributed by atoms with Gasteiger partial charge in [-0.1, -0.05) is 5.16 Å². The summed E-state index contributed by atoms with van der Waals surface area (Å²) in [5.74, 6) is 2.40. The Bertz CT molecular complexity index is 525. The lowest BCUT2D eigenvalue weighted by atomic mass is 10.0. The van der Waals surface area contributed by atoms with Crippen LogP contribution in [0.2, 0.25) is 0 Å². The molecule has 0 radical (unpaired) electrons. The van der Waals surface area contributed by atoms with Gasteiger partial charge in [0.1, 0.15) is 0 Å². The number of nitrogens with zero attached hydrogens (tertiary/aromatic N) is 1. The molecule has 0 fully saturated rings. The van der Waals surface area contributed by atoms with E-state index in [4.69, 9.17) is 16.7 Å². The molecule has 0 aliphatic carbocycles. The maximum absolute atomic E-state index is 9.69. The van der Waals surface area contributed by atoms with Gasteiger partial charge in [0.05, 0.1) is 18.0 Å². The van der Waals surface area contributed by atoms with Gasteiger partial charge in [-0.15, -0.1) is 12.3 Å². The van der Waals surface area contributed by atoms with Crippen molar-refractivity contribution in [2.45, 2.75) is 12.5 Å². The SMILES string of the molecule is C#CCC(O)c1cc(N)c2oncc2c1. The molecule has 0 bridgehead atoms. The van der Waals surface area contributed by atoms with E-state index in [1.54, 1.807) is 18.3 Å². The van der Waals surface area contributed by atoms with Crippen molar-refractivity contribution in [3.63, 3.8) is 0 Å². The van der Waals surface area contributed by atoms with E-state index in [-0.39, 0.29) is 6.42 Å². The van der Waals surface area contributed by atoms with E-state index in [1.807, 2.05) is 0 Å². The maximum atomic E-state index is 9.69. The first-order chi connectivity index (χ1) is 7.22. The molecule has 1 unspecified atom stereocenters. The second kappa shape index (κ2) is 3.64. The summed E-state index contributed by atoms with van der Waals surface area (Å²) < 4.78 is 4.95. The van der Waals surface area contributed by atoms with E-state index in [9.17, 15) is 5.11 Å². The van der Waals surface area contributed by atoms with Gasteiger partial charge in [0, 0.05) is 11.8 Å². The third kappa shape index (κ3) is 1.65. The number of aliphatic hydroxyl groups excluding tert-OH is 1. The summed E-state index contributed by atoms with van der Waals surface area (Å²) in [6.07, 6.45) is 6.24. The Morgan fingerprint density at radius 3 is 3.13 bits per heavy atom. The molecule has 0 aliphatic rings. The lowest BCUT2D eigenvalue weighted by Crippen LogP contribution is -1.97. The topological polar surface area (TPSA) is 72.3 Å². The van der Waals surface area contributed by atoms with Crippen LogP contribution in [0.3, 0.4) is 0 Å². The second-order valence-corrected chi connectivity index (χ2v) is 3.28. The molecule has 2 aromatic rings. The van der Waals surface area contributed by atoms with Crippen LogP contribution in [-0.4, -0.2) is 10.3 Å². The van der Waals surface area contributed by atoms with Crippen molar-refractivity contribution in [2.75, 3.05) is 5.73 Å². The van der Waals surface area contributed by atoms with E-state index < -0.39 is 6.10 Å². The van der Waals surface area contributed by atoms with Crippen molar-refractivity contribution in [1.82, 2.24) is 5.16 Å². The van der Waals surface area contributed by atoms with Gasteiger partial charge < -0.3 is 15.4 Å². The molecular weight excluding hydrogens is 192 g/mol. The van der Waals surface area contributed by atoms with Crippen molar-refractivity contribution in [2.24, 2.45) is 0 Å². The summed E-state index contributed by atoms with van der Waals surface area (Å²) in [5, 5.41) is 14.1. The Labute approximate surface area is 86.7 Å². The summed E-state index contributed by atoms with van der Waals surface area (Å²) >= 11 is 0. The van der Waals surface area contributed by atoms with Gasteiger partial charge in [-0.3, -0.25) is 0 Å². The molecule has 1 aromatic heterocycles. The highest BCUT2D eigenvalue weighted by Crippen LogP contribution is 2.27. The Kier molecular flexibility index (Phi) is 2.32. The van der Waals surface area contributed by atoms with Crippen LogP contribution in [0, 0.1) is 12.3 Å². The Morgan fingerprint density at radius 1 is 1.60 bits per heavy atom. The van der Waals surface area contributed by atoms with Crippen LogP contribution in [0.5, 0.6) is 0 Å². The van der Waals surface area contributed by atoms with E-state index >= 15 is 0 Å². The normalized spacial score (nSPS) is 12.5. The number of nitrogen functional groups attached to an aromatic ring is 1. The molecule has 76 valence electrons.